The number of fused-ring (bicyclic) bond motifs is 1. The molecule has 0 unspecified atom stereocenters. The molecular weight excluding hydrogens is 354 g/mol. The maximum Gasteiger partial charge on any atom is 0.260 e. The maximum absolute atomic E-state index is 13.4. The van der Waals surface area contributed by atoms with Crippen LogP contribution in [0.5, 0.6) is 0 Å². The number of pyridine rings is 1. The van der Waals surface area contributed by atoms with Crippen LogP contribution in [0.3, 0.4) is 0 Å². The van der Waals surface area contributed by atoms with Crippen LogP contribution in [0.2, 0.25) is 0 Å². The molecular formula is C22H19N3OS. The summed E-state index contributed by atoms with van der Waals surface area (Å²) in [6.45, 7) is 4.59. The van der Waals surface area contributed by atoms with Crippen LogP contribution in [-0.2, 0) is 0 Å². The molecule has 4 aromatic rings. The number of aromatic nitrogens is 2. The van der Waals surface area contributed by atoms with Gasteiger partial charge in [-0.1, -0.05) is 24.3 Å². The van der Waals surface area contributed by atoms with Crippen molar-refractivity contribution in [3.05, 3.63) is 78.0 Å². The quantitative estimate of drug-likeness (QED) is 0.485. The lowest BCUT2D eigenvalue weighted by Crippen LogP contribution is -2.31. The number of amides is 1. The Kier molecular flexibility index (Phi) is 4.69. The fourth-order valence-corrected chi connectivity index (χ4v) is 4.08. The van der Waals surface area contributed by atoms with Crippen molar-refractivity contribution in [3.8, 4) is 10.7 Å². The van der Waals surface area contributed by atoms with Crippen LogP contribution in [-0.4, -0.2) is 22.4 Å². The fraction of sp³-hybridized carbons (Fsp3) is 0.136. The monoisotopic (exact) mass is 373 g/mol. The van der Waals surface area contributed by atoms with Crippen molar-refractivity contribution >= 4 is 33.1 Å². The first-order chi connectivity index (χ1) is 13.2. The summed E-state index contributed by atoms with van der Waals surface area (Å²) >= 11 is 1.56. The Labute approximate surface area is 162 Å². The number of hydrogen-bond donors (Lipinski definition) is 0. The van der Waals surface area contributed by atoms with Crippen molar-refractivity contribution in [2.45, 2.75) is 13.8 Å². The van der Waals surface area contributed by atoms with E-state index in [0.717, 1.165) is 26.5 Å². The van der Waals surface area contributed by atoms with Gasteiger partial charge in [0.05, 0.1) is 15.8 Å². The number of aryl methyl sites for hydroxylation is 1. The molecule has 0 radical (unpaired) electrons. The summed E-state index contributed by atoms with van der Waals surface area (Å²) in [7, 11) is 0. The minimum absolute atomic E-state index is 0.0644. The Balaban J connectivity index is 1.78. The number of anilines is 1. The fourth-order valence-electron chi connectivity index (χ4n) is 3.11. The molecule has 2 aromatic carbocycles. The molecule has 0 saturated carbocycles. The van der Waals surface area contributed by atoms with E-state index in [1.807, 2.05) is 68.4 Å². The first-order valence-corrected chi connectivity index (χ1v) is 9.68. The zero-order chi connectivity index (χ0) is 18.8. The summed E-state index contributed by atoms with van der Waals surface area (Å²) in [6, 6.07) is 19.6. The van der Waals surface area contributed by atoms with Gasteiger partial charge in [-0.3, -0.25) is 9.78 Å². The molecule has 134 valence electrons. The molecule has 0 aliphatic carbocycles. The Bertz CT molecular complexity index is 1090. The average molecular weight is 373 g/mol. The smallest absolute Gasteiger partial charge is 0.260 e. The second-order valence-electron chi connectivity index (χ2n) is 6.27. The minimum Gasteiger partial charge on any atom is -0.309 e. The molecule has 5 heteroatoms. The van der Waals surface area contributed by atoms with Gasteiger partial charge in [-0.05, 0) is 55.8 Å². The third-order valence-electron chi connectivity index (χ3n) is 4.41. The van der Waals surface area contributed by atoms with Crippen LogP contribution >= 0.6 is 11.3 Å². The van der Waals surface area contributed by atoms with E-state index in [4.69, 9.17) is 0 Å². The Morgan fingerprint density at radius 2 is 1.93 bits per heavy atom. The van der Waals surface area contributed by atoms with Crippen molar-refractivity contribution in [3.63, 3.8) is 0 Å². The lowest BCUT2D eigenvalue weighted by Gasteiger charge is -2.22. The van der Waals surface area contributed by atoms with Crippen LogP contribution < -0.4 is 4.90 Å². The Morgan fingerprint density at radius 3 is 2.70 bits per heavy atom. The number of carbonyl (C=O) groups excluding carboxylic acids is 1. The lowest BCUT2D eigenvalue weighted by molar-refractivity contribution is 0.0988. The molecule has 0 saturated heterocycles. The van der Waals surface area contributed by atoms with Gasteiger partial charge in [0, 0.05) is 18.4 Å². The predicted molar refractivity (Wildman–Crippen MR) is 111 cm³/mol. The van der Waals surface area contributed by atoms with Crippen LogP contribution in [0, 0.1) is 6.92 Å². The van der Waals surface area contributed by atoms with Crippen LogP contribution in [0.15, 0.2) is 66.9 Å². The molecule has 0 atom stereocenters. The summed E-state index contributed by atoms with van der Waals surface area (Å²) < 4.78 is 1.09. The van der Waals surface area contributed by atoms with E-state index < -0.39 is 0 Å². The van der Waals surface area contributed by atoms with Gasteiger partial charge < -0.3 is 4.90 Å². The van der Waals surface area contributed by atoms with E-state index in [2.05, 4.69) is 9.97 Å². The second kappa shape index (κ2) is 7.29. The van der Waals surface area contributed by atoms with Crippen molar-refractivity contribution < 1.29 is 4.79 Å². The summed E-state index contributed by atoms with van der Waals surface area (Å²) in [5.74, 6) is -0.0644. The topological polar surface area (TPSA) is 46.1 Å². The van der Waals surface area contributed by atoms with Gasteiger partial charge in [0.1, 0.15) is 10.7 Å². The van der Waals surface area contributed by atoms with Crippen LogP contribution in [0.4, 0.5) is 5.69 Å². The molecule has 0 fully saturated rings. The van der Waals surface area contributed by atoms with Gasteiger partial charge in [0.15, 0.2) is 0 Å². The standard InChI is InChI=1S/C22H19N3OS/c1-3-25(16-9-6-8-15(2)14-16)22(26)17-10-7-13-23-20(17)21-24-18-11-4-5-12-19(18)27-21/h4-14H,3H2,1-2H3. The molecule has 0 spiro atoms. The van der Waals surface area contributed by atoms with Crippen molar-refractivity contribution in [2.24, 2.45) is 0 Å². The molecule has 0 aliphatic heterocycles. The Morgan fingerprint density at radius 1 is 1.07 bits per heavy atom. The number of nitrogens with zero attached hydrogens (tertiary/aromatic N) is 3. The van der Waals surface area contributed by atoms with E-state index in [-0.39, 0.29) is 5.91 Å². The predicted octanol–water partition coefficient (Wildman–Crippen LogP) is 5.33. The third kappa shape index (κ3) is 3.34. The SMILES string of the molecule is CCN(C(=O)c1cccnc1-c1nc2ccccc2s1)c1cccc(C)c1. The molecule has 2 aromatic heterocycles. The van der Waals surface area contributed by atoms with Crippen molar-refractivity contribution in [1.29, 1.82) is 0 Å². The molecule has 27 heavy (non-hydrogen) atoms. The molecule has 2 heterocycles. The summed E-state index contributed by atoms with van der Waals surface area (Å²) in [5, 5.41) is 0.764. The van der Waals surface area contributed by atoms with E-state index in [1.165, 1.54) is 0 Å². The third-order valence-corrected chi connectivity index (χ3v) is 5.45. The number of para-hydroxylation sites is 1. The highest BCUT2D eigenvalue weighted by atomic mass is 32.1. The summed E-state index contributed by atoms with van der Waals surface area (Å²) in [4.78, 5) is 24.3. The molecule has 4 rings (SSSR count). The molecule has 4 nitrogen and oxygen atoms in total. The first kappa shape index (κ1) is 17.4. The van der Waals surface area contributed by atoms with E-state index in [0.29, 0.717) is 17.8 Å². The largest absolute Gasteiger partial charge is 0.309 e. The normalized spacial score (nSPS) is 10.9. The number of rotatable bonds is 4. The second-order valence-corrected chi connectivity index (χ2v) is 7.31. The van der Waals surface area contributed by atoms with Crippen molar-refractivity contribution in [2.75, 3.05) is 11.4 Å². The Hall–Kier alpha value is -3.05. The zero-order valence-electron chi connectivity index (χ0n) is 15.2. The van der Waals surface area contributed by atoms with Gasteiger partial charge in [0.25, 0.3) is 5.91 Å². The molecule has 0 N–H and O–H groups in total. The van der Waals surface area contributed by atoms with Crippen LogP contribution in [0.25, 0.3) is 20.9 Å². The highest BCUT2D eigenvalue weighted by molar-refractivity contribution is 7.21. The lowest BCUT2D eigenvalue weighted by atomic mass is 10.1. The zero-order valence-corrected chi connectivity index (χ0v) is 16.0. The summed E-state index contributed by atoms with van der Waals surface area (Å²) in [5.41, 5.74) is 4.14. The van der Waals surface area contributed by atoms with Gasteiger partial charge in [-0.2, -0.15) is 0 Å². The number of thiazole rings is 1. The van der Waals surface area contributed by atoms with Gasteiger partial charge >= 0.3 is 0 Å². The first-order valence-electron chi connectivity index (χ1n) is 8.87. The van der Waals surface area contributed by atoms with Crippen LogP contribution in [0.1, 0.15) is 22.8 Å². The van der Waals surface area contributed by atoms with E-state index in [1.54, 1.807) is 28.5 Å². The molecule has 1 amide bonds. The van der Waals surface area contributed by atoms with E-state index in [9.17, 15) is 4.79 Å². The van der Waals surface area contributed by atoms with Crippen molar-refractivity contribution in [1.82, 2.24) is 9.97 Å². The van der Waals surface area contributed by atoms with Gasteiger partial charge in [-0.25, -0.2) is 4.98 Å². The number of carbonyl (C=O) groups is 1. The highest BCUT2D eigenvalue weighted by Crippen LogP contribution is 2.31. The number of hydrogen-bond acceptors (Lipinski definition) is 4. The minimum atomic E-state index is -0.0644. The molecule has 0 bridgehead atoms. The average Bonchev–Trinajstić information content (AvgIpc) is 3.13. The highest BCUT2D eigenvalue weighted by Gasteiger charge is 2.22. The number of benzene rings is 2. The molecule has 0 aliphatic rings. The van der Waals surface area contributed by atoms with Gasteiger partial charge in [0.2, 0.25) is 0 Å². The summed E-state index contributed by atoms with van der Waals surface area (Å²) in [6.07, 6.45) is 1.71. The van der Waals surface area contributed by atoms with Gasteiger partial charge in [-0.15, -0.1) is 11.3 Å². The maximum atomic E-state index is 13.4. The van der Waals surface area contributed by atoms with E-state index >= 15 is 0 Å².